The number of carbonyl (C=O) groups excluding carboxylic acids is 1. The van der Waals surface area contributed by atoms with Crippen molar-refractivity contribution in [2.45, 2.75) is 39.0 Å². The molecule has 1 saturated carbocycles. The Hall–Kier alpha value is -1.52. The van der Waals surface area contributed by atoms with Gasteiger partial charge in [0, 0.05) is 7.05 Å². The van der Waals surface area contributed by atoms with Crippen LogP contribution in [0.3, 0.4) is 0 Å². The third-order valence-corrected chi connectivity index (χ3v) is 3.61. The number of nitrogens with two attached hydrogens (primary N) is 1. The summed E-state index contributed by atoms with van der Waals surface area (Å²) in [7, 11) is 1.72. The van der Waals surface area contributed by atoms with E-state index in [4.69, 9.17) is 10.5 Å². The molecule has 0 saturated heterocycles. The van der Waals surface area contributed by atoms with Crippen LogP contribution in [0.25, 0.3) is 0 Å². The standard InChI is InChI=1S/C13H21N3O2/c1-3-10-11(14)12(16(2)15-10)13(17)18-8-9-6-4-5-7-9/h9H,3-8,14H2,1-2H3. The van der Waals surface area contributed by atoms with Gasteiger partial charge in [0.15, 0.2) is 5.69 Å². The Morgan fingerprint density at radius 2 is 2.17 bits per heavy atom. The Bertz CT molecular complexity index is 434. The summed E-state index contributed by atoms with van der Waals surface area (Å²) < 4.78 is 6.87. The number of hydrogen-bond donors (Lipinski definition) is 1. The first-order chi connectivity index (χ1) is 8.63. The summed E-state index contributed by atoms with van der Waals surface area (Å²) in [5.74, 6) is 0.170. The molecule has 0 aliphatic heterocycles. The average molecular weight is 251 g/mol. The highest BCUT2D eigenvalue weighted by Crippen LogP contribution is 2.25. The second-order valence-electron chi connectivity index (χ2n) is 4.94. The second-order valence-corrected chi connectivity index (χ2v) is 4.94. The molecular formula is C13H21N3O2. The lowest BCUT2D eigenvalue weighted by atomic mass is 10.1. The van der Waals surface area contributed by atoms with Gasteiger partial charge in [-0.25, -0.2) is 4.79 Å². The van der Waals surface area contributed by atoms with Gasteiger partial charge in [0.25, 0.3) is 0 Å². The molecule has 1 aromatic heterocycles. The normalized spacial score (nSPS) is 16.1. The molecule has 1 aromatic rings. The summed E-state index contributed by atoms with van der Waals surface area (Å²) in [6.07, 6.45) is 5.53. The quantitative estimate of drug-likeness (QED) is 0.830. The van der Waals surface area contributed by atoms with Crippen molar-refractivity contribution in [3.8, 4) is 0 Å². The van der Waals surface area contributed by atoms with Crippen molar-refractivity contribution in [3.05, 3.63) is 11.4 Å². The topological polar surface area (TPSA) is 70.1 Å². The number of carbonyl (C=O) groups is 1. The first kappa shape index (κ1) is 12.9. The lowest BCUT2D eigenvalue weighted by Gasteiger charge is -2.10. The van der Waals surface area contributed by atoms with Gasteiger partial charge < -0.3 is 10.5 Å². The molecule has 0 bridgehead atoms. The molecule has 1 aliphatic rings. The van der Waals surface area contributed by atoms with E-state index in [1.807, 2.05) is 6.92 Å². The molecule has 2 N–H and O–H groups in total. The van der Waals surface area contributed by atoms with E-state index < -0.39 is 0 Å². The molecule has 100 valence electrons. The van der Waals surface area contributed by atoms with Gasteiger partial charge in [0.1, 0.15) is 0 Å². The minimum absolute atomic E-state index is 0.353. The summed E-state index contributed by atoms with van der Waals surface area (Å²) in [5, 5.41) is 4.22. The van der Waals surface area contributed by atoms with Gasteiger partial charge >= 0.3 is 5.97 Å². The molecule has 0 unspecified atom stereocenters. The van der Waals surface area contributed by atoms with Crippen LogP contribution in [-0.4, -0.2) is 22.4 Å². The summed E-state index contributed by atoms with van der Waals surface area (Å²) in [4.78, 5) is 12.0. The van der Waals surface area contributed by atoms with Gasteiger partial charge in [0.05, 0.1) is 18.0 Å². The Morgan fingerprint density at radius 1 is 1.50 bits per heavy atom. The average Bonchev–Trinajstić information content (AvgIpc) is 2.94. The fraction of sp³-hybridized carbons (Fsp3) is 0.692. The van der Waals surface area contributed by atoms with Crippen LogP contribution in [0.5, 0.6) is 0 Å². The first-order valence-electron chi connectivity index (χ1n) is 6.62. The Morgan fingerprint density at radius 3 is 2.72 bits per heavy atom. The highest BCUT2D eigenvalue weighted by atomic mass is 16.5. The summed E-state index contributed by atoms with van der Waals surface area (Å²) >= 11 is 0. The maximum atomic E-state index is 12.0. The van der Waals surface area contributed by atoms with Gasteiger partial charge in [-0.1, -0.05) is 19.8 Å². The van der Waals surface area contributed by atoms with Crippen LogP contribution in [0, 0.1) is 5.92 Å². The number of anilines is 1. The lowest BCUT2D eigenvalue weighted by Crippen LogP contribution is -2.16. The van der Waals surface area contributed by atoms with Crippen molar-refractivity contribution in [2.24, 2.45) is 13.0 Å². The van der Waals surface area contributed by atoms with E-state index in [0.29, 0.717) is 23.9 Å². The molecule has 0 aromatic carbocycles. The zero-order chi connectivity index (χ0) is 13.1. The van der Waals surface area contributed by atoms with Crippen molar-refractivity contribution in [1.82, 2.24) is 9.78 Å². The van der Waals surface area contributed by atoms with E-state index in [0.717, 1.165) is 25.0 Å². The molecule has 5 nitrogen and oxygen atoms in total. The number of aryl methyl sites for hydroxylation is 2. The molecule has 0 amide bonds. The number of esters is 1. The minimum atomic E-state index is -0.353. The van der Waals surface area contributed by atoms with Crippen molar-refractivity contribution in [1.29, 1.82) is 0 Å². The van der Waals surface area contributed by atoms with E-state index >= 15 is 0 Å². The Labute approximate surface area is 107 Å². The number of aromatic nitrogens is 2. The molecule has 0 atom stereocenters. The van der Waals surface area contributed by atoms with Crippen molar-refractivity contribution in [2.75, 3.05) is 12.3 Å². The molecular weight excluding hydrogens is 230 g/mol. The van der Waals surface area contributed by atoms with E-state index in [2.05, 4.69) is 5.10 Å². The number of rotatable bonds is 4. The Balaban J connectivity index is 2.01. The second kappa shape index (κ2) is 5.42. The fourth-order valence-corrected chi connectivity index (χ4v) is 2.54. The first-order valence-corrected chi connectivity index (χ1v) is 6.62. The summed E-state index contributed by atoms with van der Waals surface area (Å²) in [6, 6.07) is 0. The minimum Gasteiger partial charge on any atom is -0.461 e. The van der Waals surface area contributed by atoms with E-state index in [9.17, 15) is 4.79 Å². The van der Waals surface area contributed by atoms with Gasteiger partial charge in [-0.15, -0.1) is 0 Å². The van der Waals surface area contributed by atoms with Crippen molar-refractivity contribution < 1.29 is 9.53 Å². The number of nitrogens with zero attached hydrogens (tertiary/aromatic N) is 2. The fourth-order valence-electron chi connectivity index (χ4n) is 2.54. The molecule has 2 rings (SSSR count). The molecule has 1 heterocycles. The van der Waals surface area contributed by atoms with E-state index in [1.54, 1.807) is 7.05 Å². The maximum Gasteiger partial charge on any atom is 0.358 e. The van der Waals surface area contributed by atoms with Gasteiger partial charge in [-0.3, -0.25) is 4.68 Å². The highest BCUT2D eigenvalue weighted by molar-refractivity contribution is 5.93. The zero-order valence-corrected chi connectivity index (χ0v) is 11.1. The van der Waals surface area contributed by atoms with Crippen molar-refractivity contribution in [3.63, 3.8) is 0 Å². The van der Waals surface area contributed by atoms with Gasteiger partial charge in [0.2, 0.25) is 0 Å². The lowest BCUT2D eigenvalue weighted by molar-refractivity contribution is 0.0431. The predicted octanol–water partition coefficient (Wildman–Crippen LogP) is 1.91. The number of hydrogen-bond acceptors (Lipinski definition) is 4. The molecule has 5 heteroatoms. The van der Waals surface area contributed by atoms with Gasteiger partial charge in [-0.05, 0) is 25.2 Å². The largest absolute Gasteiger partial charge is 0.461 e. The third kappa shape index (κ3) is 2.49. The van der Waals surface area contributed by atoms with Crippen LogP contribution in [0.2, 0.25) is 0 Å². The third-order valence-electron chi connectivity index (χ3n) is 3.61. The van der Waals surface area contributed by atoms with Crippen LogP contribution in [0.4, 0.5) is 5.69 Å². The van der Waals surface area contributed by atoms with E-state index in [-0.39, 0.29) is 5.97 Å². The molecule has 1 aliphatic carbocycles. The van der Waals surface area contributed by atoms with Crippen LogP contribution in [-0.2, 0) is 18.2 Å². The summed E-state index contributed by atoms with van der Waals surface area (Å²) in [5.41, 5.74) is 7.50. The smallest absolute Gasteiger partial charge is 0.358 e. The van der Waals surface area contributed by atoms with Crippen molar-refractivity contribution >= 4 is 11.7 Å². The van der Waals surface area contributed by atoms with E-state index in [1.165, 1.54) is 17.5 Å². The maximum absolute atomic E-state index is 12.0. The number of nitrogen functional groups attached to an aromatic ring is 1. The van der Waals surface area contributed by atoms with Crippen LogP contribution in [0.15, 0.2) is 0 Å². The van der Waals surface area contributed by atoms with Crippen LogP contribution < -0.4 is 5.73 Å². The molecule has 0 spiro atoms. The zero-order valence-electron chi connectivity index (χ0n) is 11.1. The predicted molar refractivity (Wildman–Crippen MR) is 69.2 cm³/mol. The molecule has 18 heavy (non-hydrogen) atoms. The Kier molecular flexibility index (Phi) is 3.89. The SMILES string of the molecule is CCc1nn(C)c(C(=O)OCC2CCCC2)c1N. The van der Waals surface area contributed by atoms with Crippen LogP contribution in [0.1, 0.15) is 48.8 Å². The monoisotopic (exact) mass is 251 g/mol. The highest BCUT2D eigenvalue weighted by Gasteiger charge is 2.22. The molecule has 0 radical (unpaired) electrons. The van der Waals surface area contributed by atoms with Gasteiger partial charge in [-0.2, -0.15) is 5.10 Å². The molecule has 1 fully saturated rings. The van der Waals surface area contributed by atoms with Crippen LogP contribution >= 0.6 is 0 Å². The summed E-state index contributed by atoms with van der Waals surface area (Å²) in [6.45, 7) is 2.47. The number of ether oxygens (including phenoxy) is 1.